The number of methoxy groups -OCH3 is 1. The highest BCUT2D eigenvalue weighted by atomic mass is 16.5. The summed E-state index contributed by atoms with van der Waals surface area (Å²) in [5.74, 6) is 1.82. The van der Waals surface area contributed by atoms with Crippen LogP contribution in [-0.4, -0.2) is 29.3 Å². The van der Waals surface area contributed by atoms with E-state index in [1.54, 1.807) is 7.11 Å². The monoisotopic (exact) mass is 237 g/mol. The third-order valence-corrected chi connectivity index (χ3v) is 3.58. The smallest absolute Gasteiger partial charge is 0.203 e. The van der Waals surface area contributed by atoms with Crippen LogP contribution in [0.25, 0.3) is 0 Å². The molecule has 1 saturated carbocycles. The van der Waals surface area contributed by atoms with Crippen molar-refractivity contribution in [3.63, 3.8) is 0 Å². The standard InChI is InChI=1S/C13H23N3O/c1-10-4-5-12(8-10)15-13-14-6-7-16(13)11(2)9-17-3/h6-7,10-12H,4-5,8-9H2,1-3H3,(H,14,15). The fraction of sp³-hybridized carbons (Fsp3) is 0.769. The predicted octanol–water partition coefficient (Wildman–Crippen LogP) is 2.69. The van der Waals surface area contributed by atoms with Crippen molar-refractivity contribution in [2.45, 2.75) is 45.2 Å². The zero-order chi connectivity index (χ0) is 12.3. The van der Waals surface area contributed by atoms with Crippen LogP contribution in [-0.2, 0) is 4.74 Å². The lowest BCUT2D eigenvalue weighted by atomic mass is 10.1. The van der Waals surface area contributed by atoms with E-state index in [0.29, 0.717) is 18.7 Å². The number of nitrogens with one attached hydrogen (secondary N) is 1. The van der Waals surface area contributed by atoms with Gasteiger partial charge in [-0.05, 0) is 32.1 Å². The zero-order valence-corrected chi connectivity index (χ0v) is 11.0. The molecule has 1 aliphatic rings. The summed E-state index contributed by atoms with van der Waals surface area (Å²) in [5.41, 5.74) is 0. The maximum Gasteiger partial charge on any atom is 0.203 e. The van der Waals surface area contributed by atoms with Crippen LogP contribution < -0.4 is 5.32 Å². The summed E-state index contributed by atoms with van der Waals surface area (Å²) in [5, 5.41) is 3.56. The molecule has 3 atom stereocenters. The van der Waals surface area contributed by atoms with Gasteiger partial charge in [0.25, 0.3) is 0 Å². The van der Waals surface area contributed by atoms with Gasteiger partial charge < -0.3 is 14.6 Å². The van der Waals surface area contributed by atoms with Crippen LogP contribution in [0, 0.1) is 5.92 Å². The predicted molar refractivity (Wildman–Crippen MR) is 69.2 cm³/mol. The number of hydrogen-bond donors (Lipinski definition) is 1. The normalized spacial score (nSPS) is 26.1. The number of ether oxygens (including phenoxy) is 1. The van der Waals surface area contributed by atoms with Crippen LogP contribution in [0.4, 0.5) is 5.95 Å². The van der Waals surface area contributed by atoms with Crippen molar-refractivity contribution in [2.24, 2.45) is 5.92 Å². The fourth-order valence-corrected chi connectivity index (χ4v) is 2.62. The molecule has 0 aromatic carbocycles. The Bertz CT molecular complexity index is 350. The Labute approximate surface area is 103 Å². The third-order valence-electron chi connectivity index (χ3n) is 3.58. The maximum atomic E-state index is 5.19. The van der Waals surface area contributed by atoms with Crippen molar-refractivity contribution in [1.29, 1.82) is 0 Å². The van der Waals surface area contributed by atoms with Gasteiger partial charge in [-0.15, -0.1) is 0 Å². The summed E-state index contributed by atoms with van der Waals surface area (Å²) in [6.07, 6.45) is 7.71. The highest BCUT2D eigenvalue weighted by molar-refractivity contribution is 5.28. The molecule has 0 saturated heterocycles. The third kappa shape index (κ3) is 3.00. The molecule has 1 fully saturated rings. The summed E-state index contributed by atoms with van der Waals surface area (Å²) in [6, 6.07) is 0.907. The molecule has 2 rings (SSSR count). The Morgan fingerprint density at radius 2 is 2.41 bits per heavy atom. The topological polar surface area (TPSA) is 39.1 Å². The lowest BCUT2D eigenvalue weighted by Crippen LogP contribution is -2.21. The SMILES string of the molecule is COCC(C)n1ccnc1NC1CCC(C)C1. The van der Waals surface area contributed by atoms with Crippen molar-refractivity contribution >= 4 is 5.95 Å². The Balaban J connectivity index is 1.98. The molecular formula is C13H23N3O. The molecule has 4 nitrogen and oxygen atoms in total. The molecule has 3 unspecified atom stereocenters. The van der Waals surface area contributed by atoms with Gasteiger partial charge in [0.2, 0.25) is 5.95 Å². The highest BCUT2D eigenvalue weighted by Crippen LogP contribution is 2.27. The minimum Gasteiger partial charge on any atom is -0.383 e. The molecule has 96 valence electrons. The van der Waals surface area contributed by atoms with E-state index >= 15 is 0 Å². The molecular weight excluding hydrogens is 214 g/mol. The van der Waals surface area contributed by atoms with Crippen molar-refractivity contribution < 1.29 is 4.74 Å². The van der Waals surface area contributed by atoms with Crippen LogP contribution >= 0.6 is 0 Å². The first-order chi connectivity index (χ1) is 8.20. The number of hydrogen-bond acceptors (Lipinski definition) is 3. The van der Waals surface area contributed by atoms with E-state index in [-0.39, 0.29) is 0 Å². The van der Waals surface area contributed by atoms with Gasteiger partial charge in [-0.3, -0.25) is 0 Å². The molecule has 0 radical (unpaired) electrons. The maximum absolute atomic E-state index is 5.19. The molecule has 17 heavy (non-hydrogen) atoms. The van der Waals surface area contributed by atoms with Crippen LogP contribution in [0.1, 0.15) is 39.2 Å². The number of aromatic nitrogens is 2. The minimum atomic E-state index is 0.323. The van der Waals surface area contributed by atoms with Gasteiger partial charge in [-0.2, -0.15) is 0 Å². The molecule has 0 bridgehead atoms. The lowest BCUT2D eigenvalue weighted by Gasteiger charge is -2.19. The molecule has 1 aromatic rings. The van der Waals surface area contributed by atoms with Crippen molar-refractivity contribution in [1.82, 2.24) is 9.55 Å². The summed E-state index contributed by atoms with van der Waals surface area (Å²) < 4.78 is 7.35. The molecule has 0 amide bonds. The lowest BCUT2D eigenvalue weighted by molar-refractivity contribution is 0.163. The Morgan fingerprint density at radius 1 is 1.59 bits per heavy atom. The van der Waals surface area contributed by atoms with Crippen molar-refractivity contribution in [3.05, 3.63) is 12.4 Å². The van der Waals surface area contributed by atoms with E-state index in [0.717, 1.165) is 11.9 Å². The first-order valence-corrected chi connectivity index (χ1v) is 6.49. The van der Waals surface area contributed by atoms with Gasteiger partial charge in [0.05, 0.1) is 12.6 Å². The van der Waals surface area contributed by atoms with Gasteiger partial charge in [0, 0.05) is 25.5 Å². The van der Waals surface area contributed by atoms with Gasteiger partial charge in [-0.1, -0.05) is 6.92 Å². The van der Waals surface area contributed by atoms with E-state index in [9.17, 15) is 0 Å². The second-order valence-corrected chi connectivity index (χ2v) is 5.22. The molecule has 0 spiro atoms. The first kappa shape index (κ1) is 12.4. The molecule has 1 aromatic heterocycles. The second kappa shape index (κ2) is 5.54. The van der Waals surface area contributed by atoms with Gasteiger partial charge >= 0.3 is 0 Å². The van der Waals surface area contributed by atoms with Crippen molar-refractivity contribution in [3.8, 4) is 0 Å². The molecule has 1 heterocycles. The summed E-state index contributed by atoms with van der Waals surface area (Å²) in [4.78, 5) is 4.40. The highest BCUT2D eigenvalue weighted by Gasteiger charge is 2.22. The van der Waals surface area contributed by atoms with E-state index in [1.165, 1.54) is 19.3 Å². The summed E-state index contributed by atoms with van der Waals surface area (Å²) >= 11 is 0. The summed E-state index contributed by atoms with van der Waals surface area (Å²) in [6.45, 7) is 5.18. The zero-order valence-electron chi connectivity index (χ0n) is 11.0. The largest absolute Gasteiger partial charge is 0.383 e. The van der Waals surface area contributed by atoms with Crippen molar-refractivity contribution in [2.75, 3.05) is 19.0 Å². The minimum absolute atomic E-state index is 0.323. The Hall–Kier alpha value is -1.03. The Morgan fingerprint density at radius 3 is 3.06 bits per heavy atom. The van der Waals surface area contributed by atoms with Crippen LogP contribution in [0.5, 0.6) is 0 Å². The second-order valence-electron chi connectivity index (χ2n) is 5.22. The molecule has 4 heteroatoms. The number of anilines is 1. The number of imidazole rings is 1. The quantitative estimate of drug-likeness (QED) is 0.855. The molecule has 1 aliphatic carbocycles. The average molecular weight is 237 g/mol. The van der Waals surface area contributed by atoms with Gasteiger partial charge in [0.15, 0.2) is 0 Å². The van der Waals surface area contributed by atoms with Crippen LogP contribution in [0.15, 0.2) is 12.4 Å². The van der Waals surface area contributed by atoms with Gasteiger partial charge in [0.1, 0.15) is 0 Å². The first-order valence-electron chi connectivity index (χ1n) is 6.49. The Kier molecular flexibility index (Phi) is 4.05. The van der Waals surface area contributed by atoms with E-state index in [1.807, 2.05) is 12.4 Å². The number of nitrogens with zero attached hydrogens (tertiary/aromatic N) is 2. The average Bonchev–Trinajstić information content (AvgIpc) is 2.89. The molecule has 1 N–H and O–H groups in total. The summed E-state index contributed by atoms with van der Waals surface area (Å²) in [7, 11) is 1.74. The fourth-order valence-electron chi connectivity index (χ4n) is 2.62. The van der Waals surface area contributed by atoms with E-state index in [2.05, 4.69) is 28.7 Å². The van der Waals surface area contributed by atoms with Crippen LogP contribution in [0.3, 0.4) is 0 Å². The molecule has 0 aliphatic heterocycles. The van der Waals surface area contributed by atoms with Crippen LogP contribution in [0.2, 0.25) is 0 Å². The van der Waals surface area contributed by atoms with E-state index in [4.69, 9.17) is 4.74 Å². The van der Waals surface area contributed by atoms with E-state index < -0.39 is 0 Å². The number of rotatable bonds is 5. The van der Waals surface area contributed by atoms with Gasteiger partial charge in [-0.25, -0.2) is 4.98 Å².